The number of ether oxygens (including phenoxy) is 1. The number of fused-ring (bicyclic) bond motifs is 1. The van der Waals surface area contributed by atoms with Crippen molar-refractivity contribution in [3.63, 3.8) is 0 Å². The first-order chi connectivity index (χ1) is 11.3. The van der Waals surface area contributed by atoms with Gasteiger partial charge >= 0.3 is 0 Å². The minimum absolute atomic E-state index is 0.409. The highest BCUT2D eigenvalue weighted by Gasteiger charge is 2.18. The number of pyridine rings is 1. The van der Waals surface area contributed by atoms with E-state index in [-0.39, 0.29) is 0 Å². The summed E-state index contributed by atoms with van der Waals surface area (Å²) in [6, 6.07) is 9.16. The van der Waals surface area contributed by atoms with E-state index in [9.17, 15) is 0 Å². The second-order valence-electron chi connectivity index (χ2n) is 5.93. The zero-order chi connectivity index (χ0) is 15.6. The molecule has 4 rings (SSSR count). The number of hydrogen-bond donors (Lipinski definition) is 1. The average Bonchev–Trinajstić information content (AvgIpc) is 3.11. The molecule has 23 heavy (non-hydrogen) atoms. The lowest BCUT2D eigenvalue weighted by molar-refractivity contribution is 0.0198. The van der Waals surface area contributed by atoms with Gasteiger partial charge in [-0.1, -0.05) is 24.3 Å². The molecule has 1 N–H and O–H groups in total. The number of imidazole rings is 1. The maximum absolute atomic E-state index is 5.44. The van der Waals surface area contributed by atoms with Gasteiger partial charge in [0.25, 0.3) is 0 Å². The van der Waals surface area contributed by atoms with E-state index in [4.69, 9.17) is 4.74 Å². The first-order valence-electron chi connectivity index (χ1n) is 8.02. The van der Waals surface area contributed by atoms with Gasteiger partial charge in [0.15, 0.2) is 0 Å². The van der Waals surface area contributed by atoms with Crippen LogP contribution < -0.4 is 0 Å². The van der Waals surface area contributed by atoms with Gasteiger partial charge in [-0.05, 0) is 18.1 Å². The molecule has 1 fully saturated rings. The van der Waals surface area contributed by atoms with E-state index < -0.39 is 0 Å². The van der Waals surface area contributed by atoms with Gasteiger partial charge < -0.3 is 9.72 Å². The summed E-state index contributed by atoms with van der Waals surface area (Å²) in [7, 11) is 0. The molecule has 1 saturated heterocycles. The number of nitrogens with one attached hydrogen (secondary N) is 1. The highest BCUT2D eigenvalue weighted by molar-refractivity contribution is 5.90. The van der Waals surface area contributed by atoms with Crippen LogP contribution in [0.25, 0.3) is 22.2 Å². The van der Waals surface area contributed by atoms with Crippen molar-refractivity contribution in [1.82, 2.24) is 19.9 Å². The van der Waals surface area contributed by atoms with Gasteiger partial charge in [-0.15, -0.1) is 0 Å². The molecule has 5 nitrogen and oxygen atoms in total. The predicted molar refractivity (Wildman–Crippen MR) is 90.1 cm³/mol. The number of benzene rings is 1. The molecule has 1 aliphatic rings. The maximum atomic E-state index is 5.44. The molecule has 1 aliphatic heterocycles. The van der Waals surface area contributed by atoms with Crippen LogP contribution in [0.4, 0.5) is 0 Å². The number of rotatable bonds is 3. The first-order valence-corrected chi connectivity index (χ1v) is 8.02. The summed E-state index contributed by atoms with van der Waals surface area (Å²) in [5, 5.41) is 0. The highest BCUT2D eigenvalue weighted by Crippen LogP contribution is 2.28. The summed E-state index contributed by atoms with van der Waals surface area (Å²) in [6.45, 7) is 5.92. The molecule has 1 atom stereocenters. The summed E-state index contributed by atoms with van der Waals surface area (Å²) >= 11 is 0. The van der Waals surface area contributed by atoms with Crippen LogP contribution in [0.1, 0.15) is 18.5 Å². The second-order valence-corrected chi connectivity index (χ2v) is 5.93. The third kappa shape index (κ3) is 2.73. The van der Waals surface area contributed by atoms with E-state index in [0.29, 0.717) is 6.04 Å². The summed E-state index contributed by atoms with van der Waals surface area (Å²) < 4.78 is 5.44. The number of morpholine rings is 1. The Bertz CT molecular complexity index is 790. The Morgan fingerprint density at radius 3 is 2.70 bits per heavy atom. The van der Waals surface area contributed by atoms with Crippen molar-refractivity contribution in [2.75, 3.05) is 26.3 Å². The normalized spacial score (nSPS) is 17.4. The van der Waals surface area contributed by atoms with E-state index in [2.05, 4.69) is 51.0 Å². The van der Waals surface area contributed by atoms with Crippen LogP contribution >= 0.6 is 0 Å². The summed E-state index contributed by atoms with van der Waals surface area (Å²) in [5.74, 6) is 0. The molecule has 1 aromatic carbocycles. The Balaban J connectivity index is 1.61. The molecule has 2 aromatic heterocycles. The van der Waals surface area contributed by atoms with Crippen LogP contribution in [-0.4, -0.2) is 46.2 Å². The minimum atomic E-state index is 0.409. The Morgan fingerprint density at radius 2 is 1.91 bits per heavy atom. The molecule has 0 saturated carbocycles. The fraction of sp³-hybridized carbons (Fsp3) is 0.333. The van der Waals surface area contributed by atoms with Crippen LogP contribution in [0.15, 0.2) is 43.0 Å². The number of H-pyrrole nitrogens is 1. The quantitative estimate of drug-likeness (QED) is 0.808. The van der Waals surface area contributed by atoms with Crippen molar-refractivity contribution in [3.8, 4) is 11.1 Å². The Morgan fingerprint density at radius 1 is 1.13 bits per heavy atom. The van der Waals surface area contributed by atoms with Gasteiger partial charge in [-0.25, -0.2) is 4.98 Å². The molecule has 0 bridgehead atoms. The first kappa shape index (κ1) is 14.4. The van der Waals surface area contributed by atoms with Crippen LogP contribution in [0, 0.1) is 0 Å². The lowest BCUT2D eigenvalue weighted by atomic mass is 10.0. The summed E-state index contributed by atoms with van der Waals surface area (Å²) in [5.41, 5.74) is 5.47. The molecule has 3 aromatic rings. The smallest absolute Gasteiger partial charge is 0.0992 e. The van der Waals surface area contributed by atoms with Gasteiger partial charge in [-0.2, -0.15) is 0 Å². The van der Waals surface area contributed by atoms with Gasteiger partial charge in [0.1, 0.15) is 0 Å². The van der Waals surface area contributed by atoms with Crippen LogP contribution in [0.5, 0.6) is 0 Å². The van der Waals surface area contributed by atoms with Crippen molar-refractivity contribution in [1.29, 1.82) is 0 Å². The highest BCUT2D eigenvalue weighted by atomic mass is 16.5. The van der Waals surface area contributed by atoms with Crippen LogP contribution in [-0.2, 0) is 4.74 Å². The molecule has 0 radical (unpaired) electrons. The fourth-order valence-electron chi connectivity index (χ4n) is 3.19. The fourth-order valence-corrected chi connectivity index (χ4v) is 3.19. The molecule has 5 heteroatoms. The molecule has 118 valence electrons. The zero-order valence-electron chi connectivity index (χ0n) is 13.2. The lowest BCUT2D eigenvalue weighted by Crippen LogP contribution is -2.37. The SMILES string of the molecule is CC(c1ccc(-c2cncc3[nH]cnc23)cc1)N1CCOCC1. The Hall–Kier alpha value is -2.24. The third-order valence-electron chi connectivity index (χ3n) is 4.63. The standard InChI is InChI=1S/C18H20N4O/c1-13(22-6-8-23-9-7-22)14-2-4-15(5-3-14)16-10-19-11-17-18(16)21-12-20-17/h2-5,10-13H,6-9H2,1H3,(H,20,21). The summed E-state index contributed by atoms with van der Waals surface area (Å²) in [6.07, 6.45) is 5.40. The predicted octanol–water partition coefficient (Wildman–Crippen LogP) is 3.02. The monoisotopic (exact) mass is 308 g/mol. The molecular formula is C18H20N4O. The van der Waals surface area contributed by atoms with Crippen molar-refractivity contribution in [2.24, 2.45) is 0 Å². The molecule has 0 amide bonds. The zero-order valence-corrected chi connectivity index (χ0v) is 13.2. The van der Waals surface area contributed by atoms with Gasteiger partial charge in [0, 0.05) is 30.9 Å². The molecule has 0 aliphatic carbocycles. The van der Waals surface area contributed by atoms with Gasteiger partial charge in [0.2, 0.25) is 0 Å². The molecule has 3 heterocycles. The maximum Gasteiger partial charge on any atom is 0.0992 e. The van der Waals surface area contributed by atoms with Crippen molar-refractivity contribution in [2.45, 2.75) is 13.0 Å². The number of hydrogen-bond acceptors (Lipinski definition) is 4. The van der Waals surface area contributed by atoms with Crippen LogP contribution in [0.2, 0.25) is 0 Å². The lowest BCUT2D eigenvalue weighted by Gasteiger charge is -2.32. The molecular weight excluding hydrogens is 288 g/mol. The third-order valence-corrected chi connectivity index (χ3v) is 4.63. The van der Waals surface area contributed by atoms with E-state index in [1.165, 1.54) is 5.56 Å². The van der Waals surface area contributed by atoms with E-state index in [1.807, 2.05) is 6.20 Å². The molecule has 0 spiro atoms. The van der Waals surface area contributed by atoms with E-state index >= 15 is 0 Å². The largest absolute Gasteiger partial charge is 0.379 e. The van der Waals surface area contributed by atoms with Crippen LogP contribution in [0.3, 0.4) is 0 Å². The van der Waals surface area contributed by atoms with E-state index in [1.54, 1.807) is 12.5 Å². The van der Waals surface area contributed by atoms with Gasteiger partial charge in [-0.3, -0.25) is 9.88 Å². The van der Waals surface area contributed by atoms with Gasteiger partial charge in [0.05, 0.1) is 36.8 Å². The van der Waals surface area contributed by atoms with E-state index in [0.717, 1.165) is 48.5 Å². The average molecular weight is 308 g/mol. The van der Waals surface area contributed by atoms with Crippen molar-refractivity contribution >= 4 is 11.0 Å². The Labute approximate surface area is 135 Å². The topological polar surface area (TPSA) is 54.0 Å². The summed E-state index contributed by atoms with van der Waals surface area (Å²) in [4.78, 5) is 14.3. The number of nitrogens with zero attached hydrogens (tertiary/aromatic N) is 3. The molecule has 1 unspecified atom stereocenters. The second kappa shape index (κ2) is 6.10. The van der Waals surface area contributed by atoms with Crippen molar-refractivity contribution in [3.05, 3.63) is 48.5 Å². The number of aromatic amines is 1. The van der Waals surface area contributed by atoms with Crippen molar-refractivity contribution < 1.29 is 4.74 Å². The number of aromatic nitrogens is 3. The minimum Gasteiger partial charge on any atom is -0.379 e. The Kier molecular flexibility index (Phi) is 3.81.